The van der Waals surface area contributed by atoms with Crippen molar-refractivity contribution in [3.8, 4) is 11.8 Å². The van der Waals surface area contributed by atoms with E-state index in [1.165, 1.54) is 31.2 Å². The molecule has 0 aliphatic rings. The molecule has 0 heterocycles. The molecule has 0 unspecified atom stereocenters. The highest BCUT2D eigenvalue weighted by atomic mass is 35.5. The molecule has 0 saturated heterocycles. The topological polar surface area (TPSA) is 50.1 Å². The number of hydrogen-bond acceptors (Lipinski definition) is 3. The van der Waals surface area contributed by atoms with Crippen molar-refractivity contribution in [3.05, 3.63) is 64.2 Å². The van der Waals surface area contributed by atoms with E-state index in [4.69, 9.17) is 21.6 Å². The second-order valence-corrected chi connectivity index (χ2v) is 4.92. The van der Waals surface area contributed by atoms with E-state index in [1.54, 1.807) is 0 Å². The summed E-state index contributed by atoms with van der Waals surface area (Å²) in [5.74, 6) is -2.42. The Labute approximate surface area is 130 Å². The molecule has 0 N–H and O–H groups in total. The Bertz CT molecular complexity index is 771. The molecular weight excluding hydrogens is 312 g/mol. The van der Waals surface area contributed by atoms with Crippen LogP contribution in [-0.4, -0.2) is 11.9 Å². The van der Waals surface area contributed by atoms with Gasteiger partial charge < -0.3 is 4.74 Å². The Kier molecular flexibility index (Phi) is 4.74. The van der Waals surface area contributed by atoms with Crippen molar-refractivity contribution in [1.29, 1.82) is 5.26 Å². The van der Waals surface area contributed by atoms with E-state index in [1.807, 2.05) is 6.07 Å². The molecule has 22 heavy (non-hydrogen) atoms. The maximum Gasteiger partial charge on any atom is 0.203 e. The van der Waals surface area contributed by atoms with Crippen LogP contribution >= 0.6 is 11.6 Å². The molecule has 2 rings (SSSR count). The van der Waals surface area contributed by atoms with Crippen molar-refractivity contribution in [2.75, 3.05) is 0 Å². The van der Waals surface area contributed by atoms with Crippen LogP contribution in [0.15, 0.2) is 36.4 Å². The molecule has 0 bridgehead atoms. The second-order valence-electron chi connectivity index (χ2n) is 4.51. The first-order chi connectivity index (χ1) is 10.4. The Morgan fingerprint density at radius 3 is 2.55 bits per heavy atom. The molecule has 112 valence electrons. The third-order valence-corrected chi connectivity index (χ3v) is 3.23. The van der Waals surface area contributed by atoms with Gasteiger partial charge in [0, 0.05) is 5.56 Å². The Morgan fingerprint density at radius 1 is 1.23 bits per heavy atom. The van der Waals surface area contributed by atoms with E-state index in [0.29, 0.717) is 5.56 Å². The molecule has 2 aromatic rings. The summed E-state index contributed by atoms with van der Waals surface area (Å²) >= 11 is 5.95. The third-order valence-electron chi connectivity index (χ3n) is 2.94. The van der Waals surface area contributed by atoms with Gasteiger partial charge in [-0.25, -0.2) is 8.78 Å². The zero-order valence-electron chi connectivity index (χ0n) is 11.4. The lowest BCUT2D eigenvalue weighted by atomic mass is 10.1. The minimum absolute atomic E-state index is 0.00355. The molecule has 0 aliphatic carbocycles. The van der Waals surface area contributed by atoms with Gasteiger partial charge in [-0.05, 0) is 43.3 Å². The van der Waals surface area contributed by atoms with Gasteiger partial charge in [-0.15, -0.1) is 0 Å². The lowest BCUT2D eigenvalue weighted by Crippen LogP contribution is -2.24. The maximum absolute atomic E-state index is 13.2. The summed E-state index contributed by atoms with van der Waals surface area (Å²) in [6, 6.07) is 9.17. The highest BCUT2D eigenvalue weighted by Gasteiger charge is 2.19. The molecule has 1 atom stereocenters. The molecule has 0 fully saturated rings. The van der Waals surface area contributed by atoms with E-state index in [9.17, 15) is 13.6 Å². The summed E-state index contributed by atoms with van der Waals surface area (Å²) in [5.41, 5.74) is 0.355. The predicted molar refractivity (Wildman–Crippen MR) is 76.9 cm³/mol. The first-order valence-corrected chi connectivity index (χ1v) is 6.65. The van der Waals surface area contributed by atoms with Crippen LogP contribution in [0.3, 0.4) is 0 Å². The first kappa shape index (κ1) is 15.9. The molecular formula is C16H10ClF2NO2. The van der Waals surface area contributed by atoms with Crippen molar-refractivity contribution < 1.29 is 18.3 Å². The number of carbonyl (C=O) groups excluding carboxylic acids is 1. The average Bonchev–Trinajstić information content (AvgIpc) is 2.51. The van der Waals surface area contributed by atoms with Crippen LogP contribution in [-0.2, 0) is 0 Å². The van der Waals surface area contributed by atoms with Crippen molar-refractivity contribution in [3.63, 3.8) is 0 Å². The second kappa shape index (κ2) is 6.54. The van der Waals surface area contributed by atoms with Crippen molar-refractivity contribution >= 4 is 17.4 Å². The van der Waals surface area contributed by atoms with Gasteiger partial charge in [0.1, 0.15) is 5.75 Å². The monoisotopic (exact) mass is 321 g/mol. The highest BCUT2D eigenvalue weighted by molar-refractivity contribution is 6.32. The fraction of sp³-hybridized carbons (Fsp3) is 0.125. The lowest BCUT2D eigenvalue weighted by Gasteiger charge is -2.15. The molecule has 0 aromatic heterocycles. The van der Waals surface area contributed by atoms with Gasteiger partial charge in [0.05, 0.1) is 16.7 Å². The van der Waals surface area contributed by atoms with Gasteiger partial charge in [-0.3, -0.25) is 4.79 Å². The van der Waals surface area contributed by atoms with E-state index >= 15 is 0 Å². The lowest BCUT2D eigenvalue weighted by molar-refractivity contribution is 0.0817. The molecule has 2 aromatic carbocycles. The number of ketones is 1. The summed E-state index contributed by atoms with van der Waals surface area (Å²) < 4.78 is 31.5. The number of nitrogens with zero attached hydrogens (tertiary/aromatic N) is 1. The zero-order chi connectivity index (χ0) is 16.3. The summed E-state index contributed by atoms with van der Waals surface area (Å²) in [6.45, 7) is 1.47. The number of hydrogen-bond donors (Lipinski definition) is 0. The van der Waals surface area contributed by atoms with Gasteiger partial charge in [-0.1, -0.05) is 11.6 Å². The van der Waals surface area contributed by atoms with Crippen LogP contribution < -0.4 is 4.74 Å². The van der Waals surface area contributed by atoms with Crippen LogP contribution in [0, 0.1) is 23.0 Å². The maximum atomic E-state index is 13.2. The summed E-state index contributed by atoms with van der Waals surface area (Å²) in [6.07, 6.45) is -0.949. The average molecular weight is 322 g/mol. The third kappa shape index (κ3) is 3.41. The summed E-state index contributed by atoms with van der Waals surface area (Å²) in [5, 5.41) is 8.93. The number of ether oxygens (including phenoxy) is 1. The number of Topliss-reactive ketones (excluding diaryl/α,β-unsaturated/α-hetero) is 1. The fourth-order valence-corrected chi connectivity index (χ4v) is 2.02. The highest BCUT2D eigenvalue weighted by Crippen LogP contribution is 2.26. The van der Waals surface area contributed by atoms with Crippen molar-refractivity contribution in [2.24, 2.45) is 0 Å². The first-order valence-electron chi connectivity index (χ1n) is 6.28. The van der Waals surface area contributed by atoms with E-state index in [2.05, 4.69) is 0 Å². The number of halogens is 3. The van der Waals surface area contributed by atoms with Crippen LogP contribution in [0.1, 0.15) is 22.8 Å². The minimum Gasteiger partial charge on any atom is -0.481 e. The van der Waals surface area contributed by atoms with E-state index in [-0.39, 0.29) is 16.3 Å². The number of nitriles is 1. The van der Waals surface area contributed by atoms with Gasteiger partial charge in [0.2, 0.25) is 5.78 Å². The SMILES string of the molecule is C[C@@H](Oc1ccc(C#N)cc1Cl)C(=O)c1ccc(F)c(F)c1. The number of rotatable bonds is 4. The van der Waals surface area contributed by atoms with E-state index < -0.39 is 23.5 Å². The Morgan fingerprint density at radius 2 is 1.95 bits per heavy atom. The van der Waals surface area contributed by atoms with Crippen LogP contribution in [0.25, 0.3) is 0 Å². The Hall–Kier alpha value is -2.45. The molecule has 0 spiro atoms. The number of benzene rings is 2. The molecule has 6 heteroatoms. The summed E-state index contributed by atoms with van der Waals surface area (Å²) in [7, 11) is 0. The van der Waals surface area contributed by atoms with E-state index in [0.717, 1.165) is 12.1 Å². The standard InChI is InChI=1S/C16H10ClF2NO2/c1-9(16(21)11-3-4-13(18)14(19)7-11)22-15-5-2-10(8-20)6-12(15)17/h2-7,9H,1H3/t9-/m1/s1. The predicted octanol–water partition coefficient (Wildman–Crippen LogP) is 4.14. The van der Waals surface area contributed by atoms with Gasteiger partial charge in [-0.2, -0.15) is 5.26 Å². The van der Waals surface area contributed by atoms with Crippen LogP contribution in [0.2, 0.25) is 5.02 Å². The molecule has 0 saturated carbocycles. The molecule has 0 radical (unpaired) electrons. The summed E-state index contributed by atoms with van der Waals surface area (Å²) in [4.78, 5) is 12.1. The van der Waals surface area contributed by atoms with Crippen molar-refractivity contribution in [2.45, 2.75) is 13.0 Å². The molecule has 3 nitrogen and oxygen atoms in total. The van der Waals surface area contributed by atoms with Gasteiger partial charge in [0.25, 0.3) is 0 Å². The van der Waals surface area contributed by atoms with Gasteiger partial charge >= 0.3 is 0 Å². The van der Waals surface area contributed by atoms with Crippen molar-refractivity contribution in [1.82, 2.24) is 0 Å². The van der Waals surface area contributed by atoms with Gasteiger partial charge in [0.15, 0.2) is 17.7 Å². The number of carbonyl (C=O) groups is 1. The normalized spacial score (nSPS) is 11.6. The van der Waals surface area contributed by atoms with Crippen LogP contribution in [0.4, 0.5) is 8.78 Å². The largest absolute Gasteiger partial charge is 0.481 e. The Balaban J connectivity index is 2.18. The smallest absolute Gasteiger partial charge is 0.203 e. The molecule has 0 aliphatic heterocycles. The van der Waals surface area contributed by atoms with Crippen LogP contribution in [0.5, 0.6) is 5.75 Å². The fourth-order valence-electron chi connectivity index (χ4n) is 1.79. The zero-order valence-corrected chi connectivity index (χ0v) is 12.2. The minimum atomic E-state index is -1.10. The molecule has 0 amide bonds. The quantitative estimate of drug-likeness (QED) is 0.795.